The highest BCUT2D eigenvalue weighted by Crippen LogP contribution is 2.48. The highest BCUT2D eigenvalue weighted by atomic mass is 35.5. The Morgan fingerprint density at radius 3 is 2.50 bits per heavy atom. The van der Waals surface area contributed by atoms with Gasteiger partial charge >= 0.3 is 5.97 Å². The summed E-state index contributed by atoms with van der Waals surface area (Å²) in [6, 6.07) is 1.08. The number of carbonyl (C=O) groups excluding carboxylic acids is 1. The number of hydrogen-bond donors (Lipinski definition) is 0. The fraction of sp³-hybridized carbons (Fsp3) is 0.955. The predicted molar refractivity (Wildman–Crippen MR) is 105 cm³/mol. The van der Waals surface area contributed by atoms with Gasteiger partial charge in [-0.3, -0.25) is 9.69 Å². The first-order chi connectivity index (χ1) is 12.5. The van der Waals surface area contributed by atoms with Crippen LogP contribution in [0.4, 0.5) is 0 Å². The van der Waals surface area contributed by atoms with Crippen molar-refractivity contribution in [2.45, 2.75) is 101 Å². The molecule has 0 aromatic carbocycles. The Morgan fingerprint density at radius 1 is 1.00 bits per heavy atom. The Balaban J connectivity index is 1.48. The monoisotopic (exact) mass is 381 g/mol. The second-order valence-electron chi connectivity index (χ2n) is 9.73. The highest BCUT2D eigenvalue weighted by molar-refractivity contribution is 6.20. The van der Waals surface area contributed by atoms with E-state index in [-0.39, 0.29) is 18.0 Å². The molecular formula is C22H36ClNO2. The van der Waals surface area contributed by atoms with Crippen LogP contribution in [0.1, 0.15) is 77.6 Å². The van der Waals surface area contributed by atoms with Gasteiger partial charge in [0, 0.05) is 17.5 Å². The second-order valence-corrected chi connectivity index (χ2v) is 10.3. The van der Waals surface area contributed by atoms with Crippen LogP contribution in [0.25, 0.3) is 0 Å². The molecule has 0 aromatic rings. The minimum atomic E-state index is 0.0906. The summed E-state index contributed by atoms with van der Waals surface area (Å²) in [7, 11) is 2.23. The Hall–Kier alpha value is -0.280. The molecule has 0 spiro atoms. The second kappa shape index (κ2) is 7.99. The number of esters is 1. The van der Waals surface area contributed by atoms with E-state index in [1.54, 1.807) is 0 Å². The Labute approximate surface area is 164 Å². The summed E-state index contributed by atoms with van der Waals surface area (Å²) in [5, 5.41) is 0.350. The zero-order chi connectivity index (χ0) is 18.3. The summed E-state index contributed by atoms with van der Waals surface area (Å²) in [5.74, 6) is 2.10. The minimum absolute atomic E-state index is 0.0906. The molecule has 0 radical (unpaired) electrons. The average molecular weight is 382 g/mol. The fourth-order valence-corrected chi connectivity index (χ4v) is 6.81. The standard InChI is InChI=1S/C22H36ClNO2/c1-14-4-3-5-18(12-14)26-22(25)21-19(15-6-8-16(23)9-7-15)13-17-10-11-20(21)24(17)2/h14-21H,3-13H2,1-2H3/t14?,15?,16?,17-,18?,19-,20?,21?/m1/s1. The van der Waals surface area contributed by atoms with Crippen molar-refractivity contribution in [2.24, 2.45) is 23.7 Å². The maximum Gasteiger partial charge on any atom is 0.311 e. The molecule has 2 heterocycles. The number of rotatable bonds is 3. The molecule has 4 aliphatic rings. The number of halogens is 1. The molecule has 26 heavy (non-hydrogen) atoms. The van der Waals surface area contributed by atoms with Crippen LogP contribution >= 0.6 is 11.6 Å². The van der Waals surface area contributed by atoms with Gasteiger partial charge in [0.2, 0.25) is 0 Å². The van der Waals surface area contributed by atoms with E-state index in [9.17, 15) is 4.79 Å². The number of fused-ring (bicyclic) bond motifs is 2. The van der Waals surface area contributed by atoms with Gasteiger partial charge in [0.05, 0.1) is 5.92 Å². The van der Waals surface area contributed by atoms with Gasteiger partial charge in [-0.25, -0.2) is 0 Å². The largest absolute Gasteiger partial charge is 0.462 e. The van der Waals surface area contributed by atoms with Crippen LogP contribution in [-0.4, -0.2) is 41.5 Å². The normalized spacial score (nSPS) is 46.9. The molecule has 2 aliphatic carbocycles. The molecule has 4 unspecified atom stereocenters. The number of nitrogens with zero attached hydrogens (tertiary/aromatic N) is 1. The van der Waals surface area contributed by atoms with Crippen LogP contribution in [0.2, 0.25) is 0 Å². The number of hydrogen-bond acceptors (Lipinski definition) is 3. The third-order valence-electron chi connectivity index (χ3n) is 8.06. The smallest absolute Gasteiger partial charge is 0.311 e. The van der Waals surface area contributed by atoms with Crippen LogP contribution in [0.3, 0.4) is 0 Å². The van der Waals surface area contributed by atoms with Crippen molar-refractivity contribution in [3.05, 3.63) is 0 Å². The van der Waals surface area contributed by atoms with Crippen molar-refractivity contribution in [3.8, 4) is 0 Å². The molecule has 2 saturated heterocycles. The summed E-state index contributed by atoms with van der Waals surface area (Å²) in [6.07, 6.45) is 13.0. The van der Waals surface area contributed by atoms with Gasteiger partial charge in [0.1, 0.15) is 6.10 Å². The van der Waals surface area contributed by atoms with Gasteiger partial charge in [-0.15, -0.1) is 11.6 Å². The molecule has 4 heteroatoms. The number of piperidine rings is 1. The van der Waals surface area contributed by atoms with Crippen molar-refractivity contribution in [2.75, 3.05) is 7.05 Å². The van der Waals surface area contributed by atoms with Crippen molar-refractivity contribution < 1.29 is 9.53 Å². The lowest BCUT2D eigenvalue weighted by Gasteiger charge is -2.46. The topological polar surface area (TPSA) is 29.5 Å². The van der Waals surface area contributed by atoms with Crippen molar-refractivity contribution in [3.63, 3.8) is 0 Å². The number of carbonyl (C=O) groups is 1. The van der Waals surface area contributed by atoms with Crippen molar-refractivity contribution in [1.82, 2.24) is 4.90 Å². The van der Waals surface area contributed by atoms with Crippen LogP contribution in [0.15, 0.2) is 0 Å². The molecule has 2 aliphatic heterocycles. The lowest BCUT2D eigenvalue weighted by molar-refractivity contribution is -0.165. The van der Waals surface area contributed by atoms with E-state index < -0.39 is 0 Å². The molecule has 2 bridgehead atoms. The maximum atomic E-state index is 13.3. The number of alkyl halides is 1. The Bertz CT molecular complexity index is 504. The molecule has 0 N–H and O–H groups in total. The molecule has 148 valence electrons. The van der Waals surface area contributed by atoms with E-state index in [0.717, 1.165) is 25.7 Å². The van der Waals surface area contributed by atoms with Crippen LogP contribution in [0.5, 0.6) is 0 Å². The van der Waals surface area contributed by atoms with Gasteiger partial charge < -0.3 is 4.74 Å². The summed E-state index contributed by atoms with van der Waals surface area (Å²) >= 11 is 6.36. The van der Waals surface area contributed by atoms with Gasteiger partial charge in [-0.1, -0.05) is 13.3 Å². The Kier molecular flexibility index (Phi) is 5.86. The molecule has 4 rings (SSSR count). The molecule has 4 fully saturated rings. The van der Waals surface area contributed by atoms with Crippen LogP contribution in [0, 0.1) is 23.7 Å². The van der Waals surface area contributed by atoms with Crippen molar-refractivity contribution >= 4 is 17.6 Å². The summed E-state index contributed by atoms with van der Waals surface area (Å²) in [6.45, 7) is 2.29. The minimum Gasteiger partial charge on any atom is -0.462 e. The van der Waals surface area contributed by atoms with Crippen molar-refractivity contribution in [1.29, 1.82) is 0 Å². The molecule has 2 saturated carbocycles. The lowest BCUT2D eigenvalue weighted by Crippen LogP contribution is -2.52. The third-order valence-corrected chi connectivity index (χ3v) is 8.50. The van der Waals surface area contributed by atoms with E-state index in [1.165, 1.54) is 44.9 Å². The van der Waals surface area contributed by atoms with Gasteiger partial charge in [0.15, 0.2) is 0 Å². The first kappa shape index (κ1) is 19.1. The van der Waals surface area contributed by atoms with E-state index in [0.29, 0.717) is 35.2 Å². The first-order valence-electron chi connectivity index (χ1n) is 11.1. The summed E-state index contributed by atoms with van der Waals surface area (Å²) < 4.78 is 6.15. The zero-order valence-electron chi connectivity index (χ0n) is 16.5. The summed E-state index contributed by atoms with van der Waals surface area (Å²) in [4.78, 5) is 15.8. The highest BCUT2D eigenvalue weighted by Gasteiger charge is 2.51. The van der Waals surface area contributed by atoms with Crippen LogP contribution < -0.4 is 0 Å². The zero-order valence-corrected chi connectivity index (χ0v) is 17.3. The van der Waals surface area contributed by atoms with E-state index in [2.05, 4.69) is 18.9 Å². The number of ether oxygens (including phenoxy) is 1. The molecule has 6 atom stereocenters. The average Bonchev–Trinajstić information content (AvgIpc) is 2.85. The van der Waals surface area contributed by atoms with Gasteiger partial charge in [-0.05, 0) is 89.0 Å². The Morgan fingerprint density at radius 2 is 1.77 bits per heavy atom. The first-order valence-corrected chi connectivity index (χ1v) is 11.5. The molecule has 0 amide bonds. The summed E-state index contributed by atoms with van der Waals surface area (Å²) in [5.41, 5.74) is 0. The van der Waals surface area contributed by atoms with Crippen LogP contribution in [-0.2, 0) is 9.53 Å². The molecular weight excluding hydrogens is 346 g/mol. The lowest BCUT2D eigenvalue weighted by atomic mass is 9.68. The van der Waals surface area contributed by atoms with Gasteiger partial charge in [0.25, 0.3) is 0 Å². The predicted octanol–water partition coefficient (Wildman–Crippen LogP) is 5.00. The van der Waals surface area contributed by atoms with E-state index >= 15 is 0 Å². The quantitative estimate of drug-likeness (QED) is 0.508. The van der Waals surface area contributed by atoms with Gasteiger partial charge in [-0.2, -0.15) is 0 Å². The SMILES string of the molecule is CC1CCCC(OC(=O)C2C3CC[C@H](C[C@@H]2C2CCC(Cl)CC2)N3C)C1. The van der Waals surface area contributed by atoms with E-state index in [1.807, 2.05) is 0 Å². The molecule has 0 aromatic heterocycles. The molecule has 3 nitrogen and oxygen atoms in total. The third kappa shape index (κ3) is 3.81. The maximum absolute atomic E-state index is 13.3. The fourth-order valence-electron chi connectivity index (χ4n) is 6.56. The van der Waals surface area contributed by atoms with E-state index in [4.69, 9.17) is 16.3 Å².